The molecule has 3 aromatic carbocycles. The number of hydrogen-bond donors (Lipinski definition) is 1. The molecule has 1 saturated heterocycles. The number of amides is 1. The fraction of sp³-hybridized carbons (Fsp3) is 0.233. The van der Waals surface area contributed by atoms with Crippen molar-refractivity contribution in [1.29, 1.82) is 5.26 Å². The molecule has 2 aliphatic heterocycles. The van der Waals surface area contributed by atoms with E-state index in [9.17, 15) is 10.1 Å². The Kier molecular flexibility index (Phi) is 5.53. The number of oxazole rings is 1. The minimum atomic E-state index is -1.81. The van der Waals surface area contributed by atoms with Crippen LogP contribution in [0.1, 0.15) is 45.8 Å². The summed E-state index contributed by atoms with van der Waals surface area (Å²) in [4.78, 5) is 19.5. The van der Waals surface area contributed by atoms with E-state index >= 15 is 4.39 Å². The Hall–Kier alpha value is -4.44. The van der Waals surface area contributed by atoms with Crippen LogP contribution in [0.3, 0.4) is 0 Å². The van der Waals surface area contributed by atoms with Gasteiger partial charge in [-0.2, -0.15) is 5.26 Å². The molecule has 0 aliphatic carbocycles. The zero-order chi connectivity index (χ0) is 25.6. The highest BCUT2D eigenvalue weighted by Gasteiger charge is 2.48. The monoisotopic (exact) mass is 492 g/mol. The molecule has 0 spiro atoms. The van der Waals surface area contributed by atoms with Crippen molar-refractivity contribution < 1.29 is 13.6 Å². The van der Waals surface area contributed by atoms with Crippen molar-refractivity contribution in [3.8, 4) is 17.3 Å². The average molecular weight is 493 g/mol. The Balaban J connectivity index is 1.32. The third-order valence-corrected chi connectivity index (χ3v) is 7.56. The molecule has 1 aromatic heterocycles. The average Bonchev–Trinajstić information content (AvgIpc) is 3.35. The minimum Gasteiger partial charge on any atom is -0.449 e. The lowest BCUT2D eigenvalue weighted by Gasteiger charge is -2.41. The predicted molar refractivity (Wildman–Crippen MR) is 139 cm³/mol. The Labute approximate surface area is 214 Å². The van der Waals surface area contributed by atoms with Gasteiger partial charge in [0, 0.05) is 53.9 Å². The summed E-state index contributed by atoms with van der Waals surface area (Å²) < 4.78 is 22.8. The molecular weight excluding hydrogens is 467 g/mol. The summed E-state index contributed by atoms with van der Waals surface area (Å²) in [6.45, 7) is 2.97. The molecule has 1 unspecified atom stereocenters. The van der Waals surface area contributed by atoms with Crippen LogP contribution in [0.4, 0.5) is 15.8 Å². The SMILES string of the molecule is Cc1nc(-c2ccc(N3CCC(C4(F)c5ccccc5NC(=O)c5ccccc54)CC3)c(C#N)c2)co1. The van der Waals surface area contributed by atoms with Crippen LogP contribution in [-0.4, -0.2) is 24.0 Å². The van der Waals surface area contributed by atoms with Crippen LogP contribution < -0.4 is 10.2 Å². The van der Waals surface area contributed by atoms with Gasteiger partial charge in [-0.3, -0.25) is 4.79 Å². The van der Waals surface area contributed by atoms with Crippen LogP contribution in [0.2, 0.25) is 0 Å². The van der Waals surface area contributed by atoms with Crippen molar-refractivity contribution >= 4 is 17.3 Å². The van der Waals surface area contributed by atoms with E-state index in [1.54, 1.807) is 49.6 Å². The molecular formula is C30H25FN4O2. The first-order valence-corrected chi connectivity index (χ1v) is 12.4. The van der Waals surface area contributed by atoms with Crippen molar-refractivity contribution in [3.05, 3.63) is 101 Å². The summed E-state index contributed by atoms with van der Waals surface area (Å²) >= 11 is 0. The highest BCUT2D eigenvalue weighted by Crippen LogP contribution is 2.50. The lowest BCUT2D eigenvalue weighted by molar-refractivity contribution is 0.0983. The molecule has 1 amide bonds. The fourth-order valence-corrected chi connectivity index (χ4v) is 5.76. The van der Waals surface area contributed by atoms with Crippen LogP contribution in [0.15, 0.2) is 77.4 Å². The van der Waals surface area contributed by atoms with E-state index < -0.39 is 5.67 Å². The molecule has 1 fully saturated rings. The van der Waals surface area contributed by atoms with E-state index in [-0.39, 0.29) is 11.8 Å². The molecule has 3 heterocycles. The number of halogens is 1. The van der Waals surface area contributed by atoms with Crippen molar-refractivity contribution in [1.82, 2.24) is 4.98 Å². The number of carbonyl (C=O) groups is 1. The normalized spacial score (nSPS) is 19.4. The van der Waals surface area contributed by atoms with Gasteiger partial charge in [0.15, 0.2) is 11.6 Å². The first-order chi connectivity index (χ1) is 18.0. The summed E-state index contributed by atoms with van der Waals surface area (Å²) in [6.07, 6.45) is 2.73. The molecule has 1 N–H and O–H groups in total. The summed E-state index contributed by atoms with van der Waals surface area (Å²) in [5.74, 6) is -0.0545. The van der Waals surface area contributed by atoms with Gasteiger partial charge in [-0.15, -0.1) is 0 Å². The Morgan fingerprint density at radius 2 is 1.81 bits per heavy atom. The molecule has 6 nitrogen and oxygen atoms in total. The molecule has 184 valence electrons. The second kappa shape index (κ2) is 8.90. The summed E-state index contributed by atoms with van der Waals surface area (Å²) in [5.41, 5.74) is 2.87. The summed E-state index contributed by atoms with van der Waals surface area (Å²) in [5, 5.41) is 12.8. The third kappa shape index (κ3) is 3.77. The highest BCUT2D eigenvalue weighted by atomic mass is 19.1. The number of benzene rings is 3. The van der Waals surface area contributed by atoms with Crippen molar-refractivity contribution in [2.45, 2.75) is 25.4 Å². The third-order valence-electron chi connectivity index (χ3n) is 7.56. The van der Waals surface area contributed by atoms with Crippen LogP contribution in [0, 0.1) is 24.2 Å². The Morgan fingerprint density at radius 3 is 2.54 bits per heavy atom. The second-order valence-corrected chi connectivity index (χ2v) is 9.61. The standard InChI is InChI=1S/C30H25FN4O2/c1-19-33-27(18-37-19)20-10-11-28(21(16-20)17-32)35-14-12-22(13-15-35)30(31)24-7-3-2-6-23(24)29(36)34-26-9-5-4-8-25(26)30/h2-11,16,18,22H,12-15H2,1H3,(H,34,36). The number of piperidine rings is 1. The van der Waals surface area contributed by atoms with Gasteiger partial charge in [0.1, 0.15) is 18.0 Å². The summed E-state index contributed by atoms with van der Waals surface area (Å²) in [7, 11) is 0. The fourth-order valence-electron chi connectivity index (χ4n) is 5.76. The molecule has 37 heavy (non-hydrogen) atoms. The van der Waals surface area contributed by atoms with Gasteiger partial charge < -0.3 is 14.6 Å². The van der Waals surface area contributed by atoms with E-state index in [2.05, 4.69) is 21.3 Å². The number of nitrogens with one attached hydrogen (secondary N) is 1. The molecule has 0 saturated carbocycles. The van der Waals surface area contributed by atoms with E-state index in [0.717, 1.165) is 11.3 Å². The highest BCUT2D eigenvalue weighted by molar-refractivity contribution is 6.07. The van der Waals surface area contributed by atoms with Gasteiger partial charge in [-0.25, -0.2) is 9.37 Å². The Morgan fingerprint density at radius 1 is 1.08 bits per heavy atom. The zero-order valence-corrected chi connectivity index (χ0v) is 20.4. The van der Waals surface area contributed by atoms with E-state index in [1.807, 2.05) is 30.3 Å². The van der Waals surface area contributed by atoms with Gasteiger partial charge in [0.05, 0.1) is 11.3 Å². The quantitative estimate of drug-likeness (QED) is 0.367. The summed E-state index contributed by atoms with van der Waals surface area (Å²) in [6, 6.07) is 22.2. The number of anilines is 2. The number of aromatic nitrogens is 1. The number of aryl methyl sites for hydroxylation is 1. The number of carbonyl (C=O) groups excluding carboxylic acids is 1. The molecule has 0 bridgehead atoms. The number of para-hydroxylation sites is 1. The van der Waals surface area contributed by atoms with Crippen LogP contribution in [0.5, 0.6) is 0 Å². The number of rotatable bonds is 3. The molecule has 1 atom stereocenters. The number of fused-ring (bicyclic) bond motifs is 2. The first-order valence-electron chi connectivity index (χ1n) is 12.4. The Bertz CT molecular complexity index is 1550. The van der Waals surface area contributed by atoms with Crippen molar-refractivity contribution in [2.75, 3.05) is 23.3 Å². The number of hydrogen-bond acceptors (Lipinski definition) is 5. The van der Waals surface area contributed by atoms with Crippen molar-refractivity contribution in [3.63, 3.8) is 0 Å². The van der Waals surface area contributed by atoms with E-state index in [0.29, 0.717) is 65.5 Å². The van der Waals surface area contributed by atoms with Gasteiger partial charge in [-0.1, -0.05) is 42.5 Å². The van der Waals surface area contributed by atoms with E-state index in [1.165, 1.54) is 0 Å². The molecule has 2 aliphatic rings. The van der Waals surface area contributed by atoms with Gasteiger partial charge in [0.2, 0.25) is 0 Å². The maximum Gasteiger partial charge on any atom is 0.256 e. The van der Waals surface area contributed by atoms with Gasteiger partial charge >= 0.3 is 0 Å². The first kappa shape index (κ1) is 23.0. The maximum absolute atomic E-state index is 17.5. The van der Waals surface area contributed by atoms with Gasteiger partial charge in [-0.05, 0) is 37.1 Å². The zero-order valence-electron chi connectivity index (χ0n) is 20.4. The smallest absolute Gasteiger partial charge is 0.256 e. The lowest BCUT2D eigenvalue weighted by atomic mass is 9.72. The minimum absolute atomic E-state index is 0.291. The molecule has 7 heteroatoms. The number of alkyl halides is 1. The lowest BCUT2D eigenvalue weighted by Crippen LogP contribution is -2.42. The van der Waals surface area contributed by atoms with Crippen molar-refractivity contribution in [2.24, 2.45) is 5.92 Å². The maximum atomic E-state index is 17.5. The number of nitrogens with zero attached hydrogens (tertiary/aromatic N) is 3. The van der Waals surface area contributed by atoms with E-state index in [4.69, 9.17) is 4.42 Å². The number of nitriles is 1. The largest absolute Gasteiger partial charge is 0.449 e. The van der Waals surface area contributed by atoms with Crippen LogP contribution >= 0.6 is 0 Å². The van der Waals surface area contributed by atoms with Gasteiger partial charge in [0.25, 0.3) is 5.91 Å². The van der Waals surface area contributed by atoms with Crippen LogP contribution in [0.25, 0.3) is 11.3 Å². The molecule has 0 radical (unpaired) electrons. The topological polar surface area (TPSA) is 82.2 Å². The molecule has 6 rings (SSSR count). The predicted octanol–water partition coefficient (Wildman–Crippen LogP) is 6.22. The second-order valence-electron chi connectivity index (χ2n) is 9.61. The van der Waals surface area contributed by atoms with Crippen LogP contribution in [-0.2, 0) is 5.67 Å². The molecule has 4 aromatic rings.